The molecule has 10 aromatic heterocycles. The van der Waals surface area contributed by atoms with Gasteiger partial charge in [0.05, 0.1) is 77.1 Å². The number of hydrogen-bond donors (Lipinski definition) is 0. The largest absolute Gasteiger partial charge is 0.466 e. The number of furan rings is 5. The first-order valence-electron chi connectivity index (χ1n) is 48.6. The third-order valence-corrected chi connectivity index (χ3v) is 23.9. The molecule has 0 spiro atoms. The van der Waals surface area contributed by atoms with Crippen LogP contribution in [0.2, 0.25) is 0 Å². The fraction of sp³-hybridized carbons (Fsp3) is 0.113. The van der Waals surface area contributed by atoms with Gasteiger partial charge in [-0.15, -0.1) is 0 Å². The van der Waals surface area contributed by atoms with Crippen molar-refractivity contribution in [3.8, 4) is 78.5 Å². The highest BCUT2D eigenvalue weighted by Gasteiger charge is 2.29. The van der Waals surface area contributed by atoms with E-state index in [0.29, 0.717) is 78.2 Å². The van der Waals surface area contributed by atoms with E-state index in [4.69, 9.17) is 74.1 Å². The van der Waals surface area contributed by atoms with E-state index >= 15 is 0 Å². The predicted octanol–water partition coefficient (Wildman–Crippen LogP) is 28.9. The van der Waals surface area contributed by atoms with Crippen LogP contribution >= 0.6 is 0 Å². The standard InChI is InChI=1S/2C26H19N2O.C22H19N2O.C21H17N2O.C20H15N2O/c2*1-17-12-13-20-21-15-14-19(18-9-5-4-6-10-18)24(27-2)26(21)29-25(20)23(17)22-11-7-8-16-28(22)3;1-13-10-11-24(5)19(12-13)20-14(2)6-7-17-16-8-9-18(23-4)15(3)21(16)25-22(17)20;1-13-8-9-16-15-10-11-17(22-3)14(2)20(15)24-21(16)19(13)18-7-5-6-12-23(18)4;1-13-7-9-16-15-10-8-14(21-2)12-18(15)23-20(16)19(13)17-6-4-5-11-22(17)3/h2*4-16H,1,3H3;6-12H,1-3,5H3;5-12H,1-2,4H3;4-12H,1,3H3/q5*+1/i4D,5D,6D,7D,8D,9D,10D,11D,16D;7D,8D,11D,16D;;;12D. The number of rotatable bonds is 7. The summed E-state index contributed by atoms with van der Waals surface area (Å²) in [6, 6.07) is 60.6. The Morgan fingerprint density at radius 1 is 0.277 bits per heavy atom. The molecule has 0 aliphatic carbocycles. The van der Waals surface area contributed by atoms with E-state index in [0.717, 1.165) is 138 Å². The van der Waals surface area contributed by atoms with Crippen molar-refractivity contribution in [1.29, 1.82) is 0 Å². The Morgan fingerprint density at radius 3 is 1.08 bits per heavy atom. The fourth-order valence-corrected chi connectivity index (χ4v) is 17.2. The zero-order chi connectivity index (χ0) is 103. The molecule has 0 fully saturated rings. The van der Waals surface area contributed by atoms with Gasteiger partial charge in [0.25, 0.3) is 0 Å². The summed E-state index contributed by atoms with van der Waals surface area (Å²) >= 11 is 0. The van der Waals surface area contributed by atoms with Crippen molar-refractivity contribution >= 4 is 138 Å². The molecule has 0 saturated carbocycles. The van der Waals surface area contributed by atoms with Crippen LogP contribution in [0.4, 0.5) is 28.4 Å². The van der Waals surface area contributed by atoms with Gasteiger partial charge in [-0.2, -0.15) is 0 Å². The maximum Gasteiger partial charge on any atom is 0.237 e. The van der Waals surface area contributed by atoms with Crippen molar-refractivity contribution in [1.82, 2.24) is 0 Å². The summed E-state index contributed by atoms with van der Waals surface area (Å²) in [5.74, 6) is 0. The Bertz CT molecular complexity index is 9260. The zero-order valence-corrected chi connectivity index (χ0v) is 73.3. The summed E-state index contributed by atoms with van der Waals surface area (Å²) in [5.41, 5.74) is 25.9. The van der Waals surface area contributed by atoms with E-state index in [-0.39, 0.29) is 82.7 Å². The molecular formula is C115H89N10O5+5. The molecule has 15 heteroatoms. The molecule has 12 aromatic carbocycles. The summed E-state index contributed by atoms with van der Waals surface area (Å²) in [6.07, 6.45) is 5.74. The van der Waals surface area contributed by atoms with Crippen LogP contribution in [0.3, 0.4) is 0 Å². The smallest absolute Gasteiger partial charge is 0.237 e. The van der Waals surface area contributed by atoms with E-state index in [1.807, 2.05) is 163 Å². The van der Waals surface area contributed by atoms with Crippen LogP contribution in [0.1, 0.15) is 63.7 Å². The predicted molar refractivity (Wildman–Crippen MR) is 522 cm³/mol. The highest BCUT2D eigenvalue weighted by Crippen LogP contribution is 2.49. The lowest BCUT2D eigenvalue weighted by molar-refractivity contribution is -0.660. The molecule has 22 rings (SSSR count). The van der Waals surface area contributed by atoms with Crippen LogP contribution in [0, 0.1) is 88.3 Å². The van der Waals surface area contributed by atoms with Crippen LogP contribution in [-0.4, -0.2) is 0 Å². The Morgan fingerprint density at radius 2 is 0.638 bits per heavy atom. The second kappa shape index (κ2) is 34.8. The average Bonchev–Trinajstić information content (AvgIpc) is 1.60. The van der Waals surface area contributed by atoms with Crippen LogP contribution in [0.25, 0.3) is 212 Å². The van der Waals surface area contributed by atoms with Crippen molar-refractivity contribution < 1.29 is 64.1 Å². The minimum absolute atomic E-state index is 0.0276. The number of hydrogen-bond acceptors (Lipinski definition) is 5. The van der Waals surface area contributed by atoms with Crippen molar-refractivity contribution in [3.05, 3.63) is 405 Å². The molecule has 0 radical (unpaired) electrons. The monoisotopic (exact) mass is 1700 g/mol. The molecule has 0 aliphatic rings. The van der Waals surface area contributed by atoms with Gasteiger partial charge in [0.1, 0.15) is 93.8 Å². The van der Waals surface area contributed by atoms with Gasteiger partial charge in [0.2, 0.25) is 39.8 Å². The molecule has 0 unspecified atom stereocenters. The SMILES string of the molecule is [2H]c1c([2H])c([2H])[n+](C)c(-c2c(C)ccc3c2oc2c([N+]#[C-])c(-c4ccccc4)ccc23)c1[2H].[2H]c1c([2H])c([2H])c(-c2ccc3c(oc4c(-c5c([2H])c([2H])c([2H])c([2H])[n+]5C)c(C)ccc43)c2[N+]#[C-])c([2H])c1[2H].[2H]c1c([N+]#[C-])ccc2c1oc1c(-c3cccc[n+]3C)c(C)ccc12.[C-]#[N+]c1ccc2c(oc3c(-c4cc(C)cc[n+]4C)c(C)ccc32)c1C.[C-]#[N+]c1ccc2c(oc3c(-c4cccc[n+]4C)c(C)ccc32)c1C. The second-order valence-electron chi connectivity index (χ2n) is 31.9. The molecule has 0 N–H and O–H groups in total. The third-order valence-electron chi connectivity index (χ3n) is 23.9. The number of fused-ring (bicyclic) bond motifs is 15. The normalized spacial score (nSPS) is 12.6. The highest BCUT2D eigenvalue weighted by atomic mass is 16.3. The lowest BCUT2D eigenvalue weighted by atomic mass is 9.98. The van der Waals surface area contributed by atoms with Crippen LogP contribution in [-0.2, 0) is 35.2 Å². The maximum atomic E-state index is 8.55. The van der Waals surface area contributed by atoms with Crippen LogP contribution in [0.15, 0.2) is 326 Å². The summed E-state index contributed by atoms with van der Waals surface area (Å²) in [4.78, 5) is 18.0. The Balaban J connectivity index is 0.000000120. The van der Waals surface area contributed by atoms with Gasteiger partial charge in [-0.3, -0.25) is 0 Å². The quantitative estimate of drug-likeness (QED) is 0.117. The number of aromatic nitrogens is 5. The molecule has 15 nitrogen and oxygen atoms in total. The number of pyridine rings is 5. The molecule has 0 atom stereocenters. The lowest BCUT2D eigenvalue weighted by Crippen LogP contribution is -2.30. The molecular weight excluding hydrogens is 1600 g/mol. The first kappa shape index (κ1) is 68.2. The molecule has 0 bridgehead atoms. The topological polar surface area (TPSA) is 107 Å². The zero-order valence-electron chi connectivity index (χ0n) is 87.3. The van der Waals surface area contributed by atoms with Gasteiger partial charge in [-0.05, 0) is 152 Å². The van der Waals surface area contributed by atoms with Crippen molar-refractivity contribution in [2.24, 2.45) is 35.2 Å². The lowest BCUT2D eigenvalue weighted by Gasteiger charge is -2.06. The maximum absolute atomic E-state index is 8.55. The first-order chi connectivity index (χ1) is 69.0. The van der Waals surface area contributed by atoms with Gasteiger partial charge < -0.3 is 22.1 Å². The average molecular weight is 1710 g/mol. The molecule has 10 heterocycles. The fourth-order valence-electron chi connectivity index (χ4n) is 17.2. The molecule has 0 amide bonds. The third kappa shape index (κ3) is 14.9. The van der Waals surface area contributed by atoms with E-state index in [9.17, 15) is 0 Å². The van der Waals surface area contributed by atoms with Gasteiger partial charge in [-0.25, -0.2) is 47.1 Å². The van der Waals surface area contributed by atoms with E-state index < -0.39 is 30.2 Å². The van der Waals surface area contributed by atoms with E-state index in [2.05, 4.69) is 133 Å². The van der Waals surface area contributed by atoms with Gasteiger partial charge >= 0.3 is 0 Å². The van der Waals surface area contributed by atoms with Gasteiger partial charge in [0, 0.05) is 114 Å². The molecule has 0 saturated heterocycles. The molecule has 624 valence electrons. The summed E-state index contributed by atoms with van der Waals surface area (Å²) in [7, 11) is 9.25. The van der Waals surface area contributed by atoms with E-state index in [1.165, 1.54) is 38.9 Å². The van der Waals surface area contributed by atoms with Crippen molar-refractivity contribution in [2.75, 3.05) is 0 Å². The summed E-state index contributed by atoms with van der Waals surface area (Å²) in [5, 5.41) is 8.90. The Kier molecular flexibility index (Phi) is 18.2. The Labute approximate surface area is 772 Å². The first-order valence-corrected chi connectivity index (χ1v) is 41.6. The van der Waals surface area contributed by atoms with E-state index in [1.54, 1.807) is 38.2 Å². The van der Waals surface area contributed by atoms with Crippen molar-refractivity contribution in [3.63, 3.8) is 0 Å². The minimum atomic E-state index is -0.529. The number of nitrogens with zero attached hydrogens (tertiary/aromatic N) is 10. The van der Waals surface area contributed by atoms with Crippen LogP contribution in [0.5, 0.6) is 0 Å². The van der Waals surface area contributed by atoms with Gasteiger partial charge in [-0.1, -0.05) is 182 Å². The number of aryl methyl sites for hydroxylation is 11. The van der Waals surface area contributed by atoms with Gasteiger partial charge in [0.15, 0.2) is 48.0 Å². The Hall–Kier alpha value is -17.2. The van der Waals surface area contributed by atoms with Crippen molar-refractivity contribution in [2.45, 2.75) is 55.4 Å². The minimum Gasteiger partial charge on any atom is -0.466 e. The summed E-state index contributed by atoms with van der Waals surface area (Å²) in [6.45, 7) is 53.6. The summed E-state index contributed by atoms with van der Waals surface area (Å²) < 4.78 is 155. The van der Waals surface area contributed by atoms with Crippen LogP contribution < -0.4 is 22.8 Å². The molecule has 130 heavy (non-hydrogen) atoms. The number of benzene rings is 12. The highest BCUT2D eigenvalue weighted by molar-refractivity contribution is 6.18. The second-order valence-corrected chi connectivity index (χ2v) is 31.9. The molecule has 0 aliphatic heterocycles. The molecule has 22 aromatic rings.